The van der Waals surface area contributed by atoms with E-state index in [2.05, 4.69) is 20.6 Å². The van der Waals surface area contributed by atoms with E-state index >= 15 is 0 Å². The van der Waals surface area contributed by atoms with Gasteiger partial charge in [0.25, 0.3) is 0 Å². The van der Waals surface area contributed by atoms with Crippen LogP contribution in [0.1, 0.15) is 13.8 Å². The summed E-state index contributed by atoms with van der Waals surface area (Å²) in [6.07, 6.45) is 0. The van der Waals surface area contributed by atoms with Gasteiger partial charge in [0.2, 0.25) is 5.95 Å². The Kier molecular flexibility index (Phi) is 3.34. The normalized spacial score (nSPS) is 11.6. The average Bonchev–Trinajstić information content (AvgIpc) is 2.34. The Hall–Kier alpha value is -1.88. The number of para-hydroxylation sites is 1. The molecule has 3 N–H and O–H groups in total. The first-order chi connectivity index (χ1) is 8.49. The van der Waals surface area contributed by atoms with Crippen molar-refractivity contribution in [1.82, 2.24) is 9.97 Å². The van der Waals surface area contributed by atoms with Crippen molar-refractivity contribution in [2.45, 2.75) is 19.4 Å². The maximum Gasteiger partial charge on any atom is 0.224 e. The fourth-order valence-corrected chi connectivity index (χ4v) is 1.62. The highest BCUT2D eigenvalue weighted by molar-refractivity contribution is 5.90. The molecule has 0 radical (unpaired) electrons. The van der Waals surface area contributed by atoms with E-state index in [0.29, 0.717) is 12.5 Å². The second-order valence-electron chi connectivity index (χ2n) is 4.83. The lowest BCUT2D eigenvalue weighted by molar-refractivity contribution is 0.0944. The molecule has 0 aliphatic heterocycles. The quantitative estimate of drug-likeness (QED) is 0.768. The SMILES string of the molecule is CNc1nc(NCC(C)(C)O)c2ccccc2n1. The number of benzene rings is 1. The lowest BCUT2D eigenvalue weighted by Gasteiger charge is -2.19. The zero-order valence-electron chi connectivity index (χ0n) is 10.9. The van der Waals surface area contributed by atoms with E-state index in [0.717, 1.165) is 16.7 Å². The highest BCUT2D eigenvalue weighted by atomic mass is 16.3. The number of nitrogens with one attached hydrogen (secondary N) is 2. The van der Waals surface area contributed by atoms with Gasteiger partial charge in [-0.05, 0) is 26.0 Å². The van der Waals surface area contributed by atoms with Crippen LogP contribution in [0.3, 0.4) is 0 Å². The number of nitrogens with zero attached hydrogens (tertiary/aromatic N) is 2. The summed E-state index contributed by atoms with van der Waals surface area (Å²) in [4.78, 5) is 8.75. The molecular weight excluding hydrogens is 228 g/mol. The fraction of sp³-hybridized carbons (Fsp3) is 0.385. The number of rotatable bonds is 4. The van der Waals surface area contributed by atoms with Crippen LogP contribution in [0.5, 0.6) is 0 Å². The molecular formula is C13H18N4O. The maximum atomic E-state index is 9.76. The summed E-state index contributed by atoms with van der Waals surface area (Å²) in [6.45, 7) is 3.93. The Balaban J connectivity index is 2.41. The molecule has 0 aliphatic rings. The highest BCUT2D eigenvalue weighted by Crippen LogP contribution is 2.22. The maximum absolute atomic E-state index is 9.76. The van der Waals surface area contributed by atoms with Crippen molar-refractivity contribution in [2.24, 2.45) is 0 Å². The summed E-state index contributed by atoms with van der Waals surface area (Å²) in [6, 6.07) is 7.78. The van der Waals surface area contributed by atoms with E-state index in [9.17, 15) is 5.11 Å². The summed E-state index contributed by atoms with van der Waals surface area (Å²) in [5, 5.41) is 16.8. The minimum Gasteiger partial charge on any atom is -0.389 e. The van der Waals surface area contributed by atoms with Crippen molar-refractivity contribution in [3.63, 3.8) is 0 Å². The topological polar surface area (TPSA) is 70.1 Å². The minimum atomic E-state index is -0.786. The van der Waals surface area contributed by atoms with Gasteiger partial charge in [-0.2, -0.15) is 4.98 Å². The van der Waals surface area contributed by atoms with Gasteiger partial charge in [-0.15, -0.1) is 0 Å². The molecule has 0 spiro atoms. The van der Waals surface area contributed by atoms with Crippen LogP contribution >= 0.6 is 0 Å². The van der Waals surface area contributed by atoms with Gasteiger partial charge in [-0.25, -0.2) is 4.98 Å². The third-order valence-corrected chi connectivity index (χ3v) is 2.52. The lowest BCUT2D eigenvalue weighted by atomic mass is 10.1. The largest absolute Gasteiger partial charge is 0.389 e. The smallest absolute Gasteiger partial charge is 0.224 e. The molecule has 0 aliphatic carbocycles. The summed E-state index contributed by atoms with van der Waals surface area (Å²) in [7, 11) is 1.78. The molecule has 5 heteroatoms. The van der Waals surface area contributed by atoms with Gasteiger partial charge < -0.3 is 15.7 Å². The Labute approximate surface area is 106 Å². The molecule has 1 aromatic carbocycles. The van der Waals surface area contributed by atoms with Crippen LogP contribution < -0.4 is 10.6 Å². The van der Waals surface area contributed by atoms with Crippen LogP contribution in [0.15, 0.2) is 24.3 Å². The van der Waals surface area contributed by atoms with Crippen LogP contribution in [0.2, 0.25) is 0 Å². The molecule has 0 saturated carbocycles. The zero-order valence-corrected chi connectivity index (χ0v) is 10.9. The van der Waals surface area contributed by atoms with Crippen LogP contribution in [0.4, 0.5) is 11.8 Å². The number of aliphatic hydroxyl groups is 1. The van der Waals surface area contributed by atoms with Crippen molar-refractivity contribution in [3.05, 3.63) is 24.3 Å². The summed E-state index contributed by atoms with van der Waals surface area (Å²) in [5.74, 6) is 1.29. The lowest BCUT2D eigenvalue weighted by Crippen LogP contribution is -2.29. The monoisotopic (exact) mass is 246 g/mol. The van der Waals surface area contributed by atoms with Gasteiger partial charge in [0.15, 0.2) is 0 Å². The number of hydrogen-bond acceptors (Lipinski definition) is 5. The molecule has 0 atom stereocenters. The fourth-order valence-electron chi connectivity index (χ4n) is 1.62. The molecule has 0 bridgehead atoms. The van der Waals surface area contributed by atoms with Crippen molar-refractivity contribution < 1.29 is 5.11 Å². The average molecular weight is 246 g/mol. The summed E-state index contributed by atoms with van der Waals surface area (Å²) < 4.78 is 0. The van der Waals surface area contributed by atoms with Gasteiger partial charge >= 0.3 is 0 Å². The van der Waals surface area contributed by atoms with Crippen LogP contribution in [-0.2, 0) is 0 Å². The second-order valence-corrected chi connectivity index (χ2v) is 4.83. The van der Waals surface area contributed by atoms with Crippen LogP contribution in [-0.4, -0.2) is 34.3 Å². The molecule has 96 valence electrons. The van der Waals surface area contributed by atoms with E-state index < -0.39 is 5.60 Å². The van der Waals surface area contributed by atoms with E-state index in [4.69, 9.17) is 0 Å². The van der Waals surface area contributed by atoms with Crippen molar-refractivity contribution >= 4 is 22.7 Å². The van der Waals surface area contributed by atoms with Gasteiger partial charge in [0.1, 0.15) is 5.82 Å². The molecule has 0 fully saturated rings. The molecule has 0 unspecified atom stereocenters. The molecule has 5 nitrogen and oxygen atoms in total. The molecule has 1 heterocycles. The Bertz CT molecular complexity index is 548. The van der Waals surface area contributed by atoms with Gasteiger partial charge in [0, 0.05) is 19.0 Å². The Morgan fingerprint density at radius 1 is 1.22 bits per heavy atom. The molecule has 18 heavy (non-hydrogen) atoms. The summed E-state index contributed by atoms with van der Waals surface area (Å²) >= 11 is 0. The van der Waals surface area contributed by atoms with E-state index in [1.54, 1.807) is 20.9 Å². The van der Waals surface area contributed by atoms with Gasteiger partial charge in [-0.3, -0.25) is 0 Å². The first kappa shape index (κ1) is 12.6. The summed E-state index contributed by atoms with van der Waals surface area (Å²) in [5.41, 5.74) is 0.0846. The number of hydrogen-bond donors (Lipinski definition) is 3. The van der Waals surface area contributed by atoms with Crippen molar-refractivity contribution in [1.29, 1.82) is 0 Å². The predicted molar refractivity (Wildman–Crippen MR) is 73.9 cm³/mol. The predicted octanol–water partition coefficient (Wildman–Crippen LogP) is 1.85. The zero-order chi connectivity index (χ0) is 13.2. The first-order valence-electron chi connectivity index (χ1n) is 5.90. The van der Waals surface area contributed by atoms with Crippen LogP contribution in [0, 0.1) is 0 Å². The third-order valence-electron chi connectivity index (χ3n) is 2.52. The van der Waals surface area contributed by atoms with Crippen molar-refractivity contribution in [3.8, 4) is 0 Å². The Morgan fingerprint density at radius 3 is 2.61 bits per heavy atom. The molecule has 1 aromatic heterocycles. The van der Waals surface area contributed by atoms with E-state index in [-0.39, 0.29) is 0 Å². The second kappa shape index (κ2) is 4.78. The highest BCUT2D eigenvalue weighted by Gasteiger charge is 2.14. The molecule has 2 rings (SSSR count). The van der Waals surface area contributed by atoms with Crippen molar-refractivity contribution in [2.75, 3.05) is 24.2 Å². The standard InChI is InChI=1S/C13H18N4O/c1-13(2,18)8-15-11-9-6-4-5-7-10(9)16-12(14-3)17-11/h4-7,18H,8H2,1-3H3,(H2,14,15,16,17). The first-order valence-corrected chi connectivity index (χ1v) is 5.90. The number of aromatic nitrogens is 2. The Morgan fingerprint density at radius 2 is 1.94 bits per heavy atom. The molecule has 2 aromatic rings. The number of anilines is 2. The van der Waals surface area contributed by atoms with Gasteiger partial charge in [0.05, 0.1) is 11.1 Å². The van der Waals surface area contributed by atoms with Gasteiger partial charge in [-0.1, -0.05) is 12.1 Å². The number of fused-ring (bicyclic) bond motifs is 1. The molecule has 0 saturated heterocycles. The minimum absolute atomic E-state index is 0.428. The van der Waals surface area contributed by atoms with E-state index in [1.807, 2.05) is 24.3 Å². The van der Waals surface area contributed by atoms with Crippen LogP contribution in [0.25, 0.3) is 10.9 Å². The third kappa shape index (κ3) is 2.87. The van der Waals surface area contributed by atoms with E-state index in [1.165, 1.54) is 0 Å². The molecule has 0 amide bonds.